The molecule has 0 bridgehead atoms. The van der Waals surface area contributed by atoms with E-state index in [2.05, 4.69) is 18.5 Å². The van der Waals surface area contributed by atoms with Crippen molar-refractivity contribution in [2.24, 2.45) is 0 Å². The van der Waals surface area contributed by atoms with E-state index in [0.717, 1.165) is 24.4 Å². The summed E-state index contributed by atoms with van der Waals surface area (Å²) in [6.07, 6.45) is 4.06. The van der Waals surface area contributed by atoms with Crippen LogP contribution in [0.5, 0.6) is 0 Å². The molecule has 0 fully saturated rings. The van der Waals surface area contributed by atoms with Crippen LogP contribution in [0.25, 0.3) is 0 Å². The molecule has 0 aliphatic carbocycles. The zero-order valence-electron chi connectivity index (χ0n) is 11.9. The molecule has 4 nitrogen and oxygen atoms in total. The lowest BCUT2D eigenvalue weighted by molar-refractivity contribution is -0.125. The number of benzene rings is 1. The summed E-state index contributed by atoms with van der Waals surface area (Å²) in [7, 11) is 0. The van der Waals surface area contributed by atoms with Gasteiger partial charge in [0.05, 0.1) is 5.69 Å². The molecule has 0 saturated heterocycles. The molecule has 0 unspecified atom stereocenters. The standard InChI is InChI=1S/C16H15F2N3O/c1-3-7-21(8-4-2)16(22)12(10-19)11-20-15-9-13(17)5-6-14(15)18/h3-6,9,11,20H,1-2,7-8H2/b12-11-. The monoisotopic (exact) mass is 303 g/mol. The summed E-state index contributed by atoms with van der Waals surface area (Å²) in [6.45, 7) is 7.52. The minimum absolute atomic E-state index is 0.167. The van der Waals surface area contributed by atoms with Crippen molar-refractivity contribution in [3.05, 3.63) is 66.9 Å². The molecule has 0 heterocycles. The third kappa shape index (κ3) is 4.56. The molecule has 1 rings (SSSR count). The molecule has 0 radical (unpaired) electrons. The lowest BCUT2D eigenvalue weighted by Crippen LogP contribution is -2.32. The molecule has 22 heavy (non-hydrogen) atoms. The van der Waals surface area contributed by atoms with Gasteiger partial charge in [-0.15, -0.1) is 13.2 Å². The highest BCUT2D eigenvalue weighted by atomic mass is 19.1. The molecule has 1 amide bonds. The predicted molar refractivity (Wildman–Crippen MR) is 80.7 cm³/mol. The van der Waals surface area contributed by atoms with Gasteiger partial charge in [0.1, 0.15) is 23.3 Å². The summed E-state index contributed by atoms with van der Waals surface area (Å²) in [6, 6.07) is 4.57. The van der Waals surface area contributed by atoms with Crippen LogP contribution in [-0.4, -0.2) is 23.9 Å². The molecular formula is C16H15F2N3O. The Hall–Kier alpha value is -2.94. The van der Waals surface area contributed by atoms with E-state index in [0.29, 0.717) is 0 Å². The van der Waals surface area contributed by atoms with Gasteiger partial charge < -0.3 is 10.2 Å². The van der Waals surface area contributed by atoms with Gasteiger partial charge in [0.25, 0.3) is 5.91 Å². The molecule has 0 aliphatic rings. The number of nitrogens with one attached hydrogen (secondary N) is 1. The second-order valence-electron chi connectivity index (χ2n) is 4.23. The number of carbonyl (C=O) groups is 1. The molecule has 6 heteroatoms. The molecule has 0 atom stereocenters. The minimum Gasteiger partial charge on any atom is -0.358 e. The largest absolute Gasteiger partial charge is 0.358 e. The van der Waals surface area contributed by atoms with Crippen LogP contribution < -0.4 is 5.32 Å². The van der Waals surface area contributed by atoms with Gasteiger partial charge in [-0.3, -0.25) is 4.79 Å². The smallest absolute Gasteiger partial charge is 0.266 e. The van der Waals surface area contributed by atoms with E-state index in [-0.39, 0.29) is 24.4 Å². The van der Waals surface area contributed by atoms with Crippen LogP contribution in [0.15, 0.2) is 55.3 Å². The second-order valence-corrected chi connectivity index (χ2v) is 4.23. The summed E-state index contributed by atoms with van der Waals surface area (Å²) in [4.78, 5) is 13.5. The topological polar surface area (TPSA) is 56.1 Å². The first kappa shape index (κ1) is 17.1. The Bertz CT molecular complexity index is 637. The summed E-state index contributed by atoms with van der Waals surface area (Å²) in [5.41, 5.74) is -0.410. The van der Waals surface area contributed by atoms with Crippen molar-refractivity contribution in [2.45, 2.75) is 0 Å². The van der Waals surface area contributed by atoms with Crippen molar-refractivity contribution < 1.29 is 13.6 Å². The van der Waals surface area contributed by atoms with Gasteiger partial charge in [0.2, 0.25) is 0 Å². The third-order valence-electron chi connectivity index (χ3n) is 2.64. The number of halogens is 2. The highest BCUT2D eigenvalue weighted by molar-refractivity contribution is 5.97. The summed E-state index contributed by atoms with van der Waals surface area (Å²) in [5, 5.41) is 11.5. The lowest BCUT2D eigenvalue weighted by atomic mass is 10.2. The van der Waals surface area contributed by atoms with Gasteiger partial charge in [0.15, 0.2) is 0 Å². The van der Waals surface area contributed by atoms with E-state index >= 15 is 0 Å². The number of hydrogen-bond donors (Lipinski definition) is 1. The van der Waals surface area contributed by atoms with Gasteiger partial charge in [-0.2, -0.15) is 5.26 Å². The van der Waals surface area contributed by atoms with E-state index in [9.17, 15) is 13.6 Å². The van der Waals surface area contributed by atoms with Crippen molar-refractivity contribution in [3.63, 3.8) is 0 Å². The fourth-order valence-electron chi connectivity index (χ4n) is 1.62. The molecule has 1 N–H and O–H groups in total. The van der Waals surface area contributed by atoms with E-state index < -0.39 is 17.5 Å². The fraction of sp³-hybridized carbons (Fsp3) is 0.125. The summed E-state index contributed by atoms with van der Waals surface area (Å²) >= 11 is 0. The normalized spacial score (nSPS) is 10.5. The fourth-order valence-corrected chi connectivity index (χ4v) is 1.62. The van der Waals surface area contributed by atoms with E-state index in [4.69, 9.17) is 5.26 Å². The highest BCUT2D eigenvalue weighted by Gasteiger charge is 2.16. The summed E-state index contributed by atoms with van der Waals surface area (Å²) in [5.74, 6) is -1.90. The first-order valence-corrected chi connectivity index (χ1v) is 6.36. The predicted octanol–water partition coefficient (Wildman–Crippen LogP) is 2.98. The molecule has 1 aromatic carbocycles. The molecule has 114 valence electrons. The van der Waals surface area contributed by atoms with Crippen LogP contribution in [0, 0.1) is 23.0 Å². The average Bonchev–Trinajstić information content (AvgIpc) is 2.50. The molecular weight excluding hydrogens is 288 g/mol. The average molecular weight is 303 g/mol. The summed E-state index contributed by atoms with van der Waals surface area (Å²) < 4.78 is 26.5. The first-order chi connectivity index (χ1) is 10.5. The Kier molecular flexibility index (Phi) is 6.51. The third-order valence-corrected chi connectivity index (χ3v) is 2.64. The van der Waals surface area contributed by atoms with E-state index in [1.165, 1.54) is 17.1 Å². The van der Waals surface area contributed by atoms with Crippen LogP contribution in [-0.2, 0) is 4.79 Å². The Morgan fingerprint density at radius 3 is 2.50 bits per heavy atom. The Balaban J connectivity index is 2.96. The number of rotatable bonds is 7. The Morgan fingerprint density at radius 1 is 1.32 bits per heavy atom. The molecule has 0 aromatic heterocycles. The molecule has 0 aliphatic heterocycles. The number of nitrogens with zero attached hydrogens (tertiary/aromatic N) is 2. The van der Waals surface area contributed by atoms with Crippen LogP contribution in [0.3, 0.4) is 0 Å². The SMILES string of the molecule is C=CCN(CC=C)C(=O)/C(C#N)=C\Nc1cc(F)ccc1F. The van der Waals surface area contributed by atoms with Gasteiger partial charge in [-0.05, 0) is 12.1 Å². The van der Waals surface area contributed by atoms with Crippen molar-refractivity contribution in [3.8, 4) is 6.07 Å². The van der Waals surface area contributed by atoms with Crippen LogP contribution in [0.1, 0.15) is 0 Å². The van der Waals surface area contributed by atoms with Gasteiger partial charge in [-0.1, -0.05) is 12.2 Å². The highest BCUT2D eigenvalue weighted by Crippen LogP contribution is 2.15. The maximum Gasteiger partial charge on any atom is 0.266 e. The van der Waals surface area contributed by atoms with Gasteiger partial charge in [-0.25, -0.2) is 8.78 Å². The zero-order chi connectivity index (χ0) is 16.5. The van der Waals surface area contributed by atoms with Crippen molar-refractivity contribution >= 4 is 11.6 Å². The van der Waals surface area contributed by atoms with Crippen molar-refractivity contribution in [1.82, 2.24) is 4.90 Å². The molecule has 1 aromatic rings. The number of hydrogen-bond acceptors (Lipinski definition) is 3. The van der Waals surface area contributed by atoms with Crippen LogP contribution >= 0.6 is 0 Å². The molecule has 0 spiro atoms. The Morgan fingerprint density at radius 2 is 1.95 bits per heavy atom. The Labute approximate surface area is 127 Å². The number of anilines is 1. The maximum absolute atomic E-state index is 13.5. The van der Waals surface area contributed by atoms with Crippen LogP contribution in [0.4, 0.5) is 14.5 Å². The van der Waals surface area contributed by atoms with Crippen LogP contribution in [0.2, 0.25) is 0 Å². The van der Waals surface area contributed by atoms with Gasteiger partial charge >= 0.3 is 0 Å². The van der Waals surface area contributed by atoms with Crippen molar-refractivity contribution in [1.29, 1.82) is 5.26 Å². The molecule has 0 saturated carbocycles. The second kappa shape index (κ2) is 8.37. The van der Waals surface area contributed by atoms with E-state index in [1.54, 1.807) is 6.07 Å². The number of nitriles is 1. The van der Waals surface area contributed by atoms with Gasteiger partial charge in [0, 0.05) is 25.4 Å². The van der Waals surface area contributed by atoms with Crippen molar-refractivity contribution in [2.75, 3.05) is 18.4 Å². The van der Waals surface area contributed by atoms with E-state index in [1.807, 2.05) is 0 Å². The first-order valence-electron chi connectivity index (χ1n) is 6.36. The maximum atomic E-state index is 13.5. The quantitative estimate of drug-likeness (QED) is 0.478. The number of amides is 1. The number of carbonyl (C=O) groups excluding carboxylic acids is 1. The minimum atomic E-state index is -0.698. The lowest BCUT2D eigenvalue weighted by Gasteiger charge is -2.18. The zero-order valence-corrected chi connectivity index (χ0v) is 11.9.